The fourth-order valence-corrected chi connectivity index (χ4v) is 3.09. The Morgan fingerprint density at radius 2 is 1.57 bits per heavy atom. The highest BCUT2D eigenvalue weighted by Gasteiger charge is 2.12. The molecule has 0 aliphatic heterocycles. The van der Waals surface area contributed by atoms with Crippen LogP contribution in [0.4, 0.5) is 4.79 Å². The Kier molecular flexibility index (Phi) is 7.93. The molecule has 3 N–H and O–H groups in total. The van der Waals surface area contributed by atoms with Crippen molar-refractivity contribution in [3.8, 4) is 0 Å². The molecule has 2 aromatic rings. The van der Waals surface area contributed by atoms with Crippen LogP contribution >= 0.6 is 0 Å². The molecule has 160 valence electrons. The second-order valence-electron chi connectivity index (χ2n) is 6.62. The van der Waals surface area contributed by atoms with E-state index in [1.54, 1.807) is 7.05 Å². The Labute approximate surface area is 175 Å². The van der Waals surface area contributed by atoms with Crippen LogP contribution in [0.2, 0.25) is 0 Å². The first-order valence-corrected chi connectivity index (χ1v) is 11.0. The van der Waals surface area contributed by atoms with E-state index in [9.17, 15) is 22.8 Å². The minimum absolute atomic E-state index is 0.0296. The molecule has 0 heterocycles. The first-order chi connectivity index (χ1) is 14.2. The molecule has 0 bridgehead atoms. The van der Waals surface area contributed by atoms with Crippen LogP contribution in [0.1, 0.15) is 22.3 Å². The average molecular weight is 433 g/mol. The van der Waals surface area contributed by atoms with E-state index in [4.69, 9.17) is 0 Å². The van der Waals surface area contributed by atoms with Crippen LogP contribution in [0.25, 0.3) is 0 Å². The second kappa shape index (κ2) is 10.4. The summed E-state index contributed by atoms with van der Waals surface area (Å²) in [6.07, 6.45) is 1.04. The predicted molar refractivity (Wildman–Crippen MR) is 111 cm³/mol. The number of carbonyl (C=O) groups excluding carboxylic acids is 3. The number of benzene rings is 2. The van der Waals surface area contributed by atoms with E-state index in [0.29, 0.717) is 6.54 Å². The van der Waals surface area contributed by atoms with Gasteiger partial charge < -0.3 is 10.2 Å². The van der Waals surface area contributed by atoms with E-state index < -0.39 is 21.7 Å². The van der Waals surface area contributed by atoms with E-state index in [1.807, 2.05) is 30.3 Å². The van der Waals surface area contributed by atoms with Gasteiger partial charge in [-0.3, -0.25) is 20.4 Å². The number of hydrazine groups is 1. The quantitative estimate of drug-likeness (QED) is 0.565. The monoisotopic (exact) mass is 432 g/mol. The summed E-state index contributed by atoms with van der Waals surface area (Å²) in [4.78, 5) is 37.5. The maximum absolute atomic E-state index is 12.0. The van der Waals surface area contributed by atoms with E-state index in [-0.39, 0.29) is 29.5 Å². The maximum atomic E-state index is 12.0. The summed E-state index contributed by atoms with van der Waals surface area (Å²) in [6.45, 7) is 0.537. The van der Waals surface area contributed by atoms with Crippen molar-refractivity contribution in [1.29, 1.82) is 0 Å². The Hall–Kier alpha value is -3.40. The lowest BCUT2D eigenvalue weighted by molar-refractivity contribution is -0.121. The number of hydrogen-bond acceptors (Lipinski definition) is 5. The SMILES string of the molecule is CN(Cc1ccccc1)C(=O)NCCC(=O)NNC(=O)c1ccc(S(C)(=O)=O)cc1. The Morgan fingerprint density at radius 1 is 0.933 bits per heavy atom. The van der Waals surface area contributed by atoms with Crippen molar-refractivity contribution in [1.82, 2.24) is 21.1 Å². The molecule has 0 aliphatic rings. The molecular weight excluding hydrogens is 408 g/mol. The molecular formula is C20H24N4O5S. The largest absolute Gasteiger partial charge is 0.337 e. The average Bonchev–Trinajstić information content (AvgIpc) is 2.72. The smallest absolute Gasteiger partial charge is 0.317 e. The van der Waals surface area contributed by atoms with Gasteiger partial charge in [-0.25, -0.2) is 13.2 Å². The summed E-state index contributed by atoms with van der Waals surface area (Å²) < 4.78 is 22.8. The maximum Gasteiger partial charge on any atom is 0.317 e. The Bertz CT molecular complexity index is 992. The van der Waals surface area contributed by atoms with Gasteiger partial charge in [0.1, 0.15) is 0 Å². The van der Waals surface area contributed by atoms with Crippen molar-refractivity contribution in [2.45, 2.75) is 17.9 Å². The van der Waals surface area contributed by atoms with Crippen LogP contribution in [0.5, 0.6) is 0 Å². The number of amides is 4. The van der Waals surface area contributed by atoms with Crippen molar-refractivity contribution in [3.63, 3.8) is 0 Å². The molecule has 0 spiro atoms. The van der Waals surface area contributed by atoms with Gasteiger partial charge >= 0.3 is 6.03 Å². The molecule has 10 heteroatoms. The van der Waals surface area contributed by atoms with Gasteiger partial charge in [-0.1, -0.05) is 30.3 Å². The van der Waals surface area contributed by atoms with Gasteiger partial charge in [0.2, 0.25) is 5.91 Å². The van der Waals surface area contributed by atoms with Gasteiger partial charge in [-0.05, 0) is 29.8 Å². The highest BCUT2D eigenvalue weighted by atomic mass is 32.2. The van der Waals surface area contributed by atoms with E-state index in [1.165, 1.54) is 29.2 Å². The summed E-state index contributed by atoms with van der Waals surface area (Å²) in [5.41, 5.74) is 5.67. The van der Waals surface area contributed by atoms with Crippen molar-refractivity contribution < 1.29 is 22.8 Å². The van der Waals surface area contributed by atoms with Gasteiger partial charge in [0.15, 0.2) is 9.84 Å². The normalized spacial score (nSPS) is 10.7. The predicted octanol–water partition coefficient (Wildman–Crippen LogP) is 1.08. The third kappa shape index (κ3) is 7.21. The Morgan fingerprint density at radius 3 is 2.17 bits per heavy atom. The fraction of sp³-hybridized carbons (Fsp3) is 0.250. The zero-order chi connectivity index (χ0) is 22.1. The summed E-state index contributed by atoms with van der Waals surface area (Å²) in [5, 5.41) is 2.63. The molecule has 0 atom stereocenters. The number of sulfone groups is 1. The summed E-state index contributed by atoms with van der Waals surface area (Å²) in [6, 6.07) is 14.5. The van der Waals surface area contributed by atoms with E-state index >= 15 is 0 Å². The Balaban J connectivity index is 1.70. The molecule has 0 saturated carbocycles. The van der Waals surface area contributed by atoms with Gasteiger partial charge in [-0.2, -0.15) is 0 Å². The number of urea groups is 1. The molecule has 2 aromatic carbocycles. The van der Waals surface area contributed by atoms with Crippen LogP contribution in [-0.2, 0) is 21.2 Å². The first-order valence-electron chi connectivity index (χ1n) is 9.09. The molecule has 0 fully saturated rings. The minimum atomic E-state index is -3.35. The summed E-state index contributed by atoms with van der Waals surface area (Å²) in [5.74, 6) is -1.07. The molecule has 0 radical (unpaired) electrons. The number of nitrogens with zero attached hydrogens (tertiary/aromatic N) is 1. The second-order valence-corrected chi connectivity index (χ2v) is 8.64. The molecule has 9 nitrogen and oxygen atoms in total. The lowest BCUT2D eigenvalue weighted by Crippen LogP contribution is -2.43. The third-order valence-electron chi connectivity index (χ3n) is 4.10. The summed E-state index contributed by atoms with van der Waals surface area (Å²) in [7, 11) is -1.70. The highest BCUT2D eigenvalue weighted by Crippen LogP contribution is 2.10. The summed E-state index contributed by atoms with van der Waals surface area (Å²) >= 11 is 0. The van der Waals surface area contributed by atoms with E-state index in [0.717, 1.165) is 11.8 Å². The highest BCUT2D eigenvalue weighted by molar-refractivity contribution is 7.90. The van der Waals surface area contributed by atoms with Crippen LogP contribution in [0, 0.1) is 0 Å². The van der Waals surface area contributed by atoms with Crippen molar-refractivity contribution in [2.24, 2.45) is 0 Å². The molecule has 30 heavy (non-hydrogen) atoms. The molecule has 0 aliphatic carbocycles. The molecule has 0 saturated heterocycles. The van der Waals surface area contributed by atoms with Crippen LogP contribution < -0.4 is 16.2 Å². The fourth-order valence-electron chi connectivity index (χ4n) is 2.46. The number of rotatable bonds is 7. The van der Waals surface area contributed by atoms with Crippen molar-refractivity contribution in [2.75, 3.05) is 19.8 Å². The van der Waals surface area contributed by atoms with Crippen LogP contribution in [0.3, 0.4) is 0 Å². The van der Waals surface area contributed by atoms with Gasteiger partial charge in [-0.15, -0.1) is 0 Å². The third-order valence-corrected chi connectivity index (χ3v) is 5.23. The zero-order valence-electron chi connectivity index (χ0n) is 16.7. The number of carbonyl (C=O) groups is 3. The molecule has 0 aromatic heterocycles. The molecule has 4 amide bonds. The van der Waals surface area contributed by atoms with Gasteiger partial charge in [0.05, 0.1) is 4.90 Å². The molecule has 2 rings (SSSR count). The lowest BCUT2D eigenvalue weighted by Gasteiger charge is -2.18. The first kappa shape index (κ1) is 22.9. The lowest BCUT2D eigenvalue weighted by atomic mass is 10.2. The number of hydrogen-bond donors (Lipinski definition) is 3. The minimum Gasteiger partial charge on any atom is -0.337 e. The van der Waals surface area contributed by atoms with E-state index in [2.05, 4.69) is 16.2 Å². The standard InChI is InChI=1S/C20H24N4O5S/c1-24(14-15-6-4-3-5-7-15)20(27)21-13-12-18(25)22-23-19(26)16-8-10-17(11-9-16)30(2,28)29/h3-11H,12-14H2,1-2H3,(H,21,27)(H,22,25)(H,23,26). The van der Waals surface area contributed by atoms with Gasteiger partial charge in [0, 0.05) is 38.4 Å². The topological polar surface area (TPSA) is 125 Å². The van der Waals surface area contributed by atoms with Crippen molar-refractivity contribution in [3.05, 3.63) is 65.7 Å². The molecule has 0 unspecified atom stereocenters. The van der Waals surface area contributed by atoms with Crippen LogP contribution in [0.15, 0.2) is 59.5 Å². The zero-order valence-corrected chi connectivity index (χ0v) is 17.5. The number of nitrogens with one attached hydrogen (secondary N) is 3. The van der Waals surface area contributed by atoms with Gasteiger partial charge in [0.25, 0.3) is 5.91 Å². The van der Waals surface area contributed by atoms with Crippen molar-refractivity contribution >= 4 is 27.7 Å². The van der Waals surface area contributed by atoms with Crippen LogP contribution in [-0.4, -0.2) is 51.0 Å².